The van der Waals surface area contributed by atoms with E-state index in [9.17, 15) is 19.7 Å². The normalized spacial score (nSPS) is 10.2. The molecule has 0 aliphatic carbocycles. The quantitative estimate of drug-likeness (QED) is 0.535. The fourth-order valence-electron chi connectivity index (χ4n) is 2.64. The Hall–Kier alpha value is -3.94. The van der Waals surface area contributed by atoms with Crippen LogP contribution in [0.15, 0.2) is 73.1 Å². The van der Waals surface area contributed by atoms with Gasteiger partial charge in [0, 0.05) is 24.0 Å². The van der Waals surface area contributed by atoms with E-state index in [1.807, 2.05) is 12.1 Å². The van der Waals surface area contributed by atoms with Crippen molar-refractivity contribution in [1.29, 1.82) is 0 Å². The topological polar surface area (TPSA) is 106 Å². The molecule has 3 rings (SSSR count). The number of para-hydroxylation sites is 2. The first-order valence-electron chi connectivity index (χ1n) is 8.10. The molecule has 0 saturated heterocycles. The highest BCUT2D eigenvalue weighted by Gasteiger charge is 2.17. The van der Waals surface area contributed by atoms with E-state index >= 15 is 0 Å². The molecule has 3 aromatic rings. The minimum Gasteiger partial charge on any atom is -0.323 e. The summed E-state index contributed by atoms with van der Waals surface area (Å²) < 4.78 is 1.78. The van der Waals surface area contributed by atoms with E-state index < -0.39 is 16.7 Å². The van der Waals surface area contributed by atoms with Crippen LogP contribution in [0.3, 0.4) is 0 Å². The van der Waals surface area contributed by atoms with Gasteiger partial charge in [0.25, 0.3) is 11.6 Å². The molecule has 0 radical (unpaired) electrons. The lowest BCUT2D eigenvalue weighted by Gasteiger charge is -2.12. The average molecular weight is 364 g/mol. The van der Waals surface area contributed by atoms with E-state index in [0.29, 0.717) is 11.3 Å². The molecule has 0 spiro atoms. The smallest absolute Gasteiger partial charge is 0.273 e. The van der Waals surface area contributed by atoms with E-state index in [2.05, 4.69) is 10.9 Å². The van der Waals surface area contributed by atoms with Crippen LogP contribution in [0.4, 0.5) is 5.69 Å². The molecular formula is C19H16N4O4. The number of hydrogen-bond donors (Lipinski definition) is 2. The highest BCUT2D eigenvalue weighted by molar-refractivity contribution is 5.98. The monoisotopic (exact) mass is 364 g/mol. The summed E-state index contributed by atoms with van der Waals surface area (Å²) in [6.45, 7) is 0. The third-order valence-corrected chi connectivity index (χ3v) is 3.89. The number of amides is 2. The van der Waals surface area contributed by atoms with E-state index in [-0.39, 0.29) is 17.7 Å². The molecule has 0 bridgehead atoms. The molecule has 0 aliphatic heterocycles. The Balaban J connectivity index is 1.67. The van der Waals surface area contributed by atoms with Gasteiger partial charge in [-0.3, -0.25) is 30.6 Å². The Kier molecular flexibility index (Phi) is 5.27. The zero-order chi connectivity index (χ0) is 19.2. The van der Waals surface area contributed by atoms with Crippen LogP contribution in [-0.2, 0) is 11.2 Å². The van der Waals surface area contributed by atoms with E-state index in [4.69, 9.17) is 0 Å². The van der Waals surface area contributed by atoms with Crippen LogP contribution in [0.2, 0.25) is 0 Å². The molecule has 0 fully saturated rings. The van der Waals surface area contributed by atoms with Gasteiger partial charge in [-0.25, -0.2) is 0 Å². The van der Waals surface area contributed by atoms with Crippen LogP contribution in [0.25, 0.3) is 5.69 Å². The maximum absolute atomic E-state index is 12.4. The van der Waals surface area contributed by atoms with E-state index in [1.165, 1.54) is 18.2 Å². The lowest BCUT2D eigenvalue weighted by Crippen LogP contribution is -2.42. The Labute approximate surface area is 154 Å². The largest absolute Gasteiger partial charge is 0.323 e. The molecule has 0 aliphatic rings. The second-order valence-corrected chi connectivity index (χ2v) is 5.67. The van der Waals surface area contributed by atoms with Gasteiger partial charge in [-0.05, 0) is 24.3 Å². The average Bonchev–Trinajstić information content (AvgIpc) is 3.21. The second-order valence-electron chi connectivity index (χ2n) is 5.67. The minimum absolute atomic E-state index is 0.142. The van der Waals surface area contributed by atoms with Crippen LogP contribution >= 0.6 is 0 Å². The molecule has 0 unspecified atom stereocenters. The molecule has 0 saturated carbocycles. The molecule has 0 atom stereocenters. The molecule has 8 nitrogen and oxygen atoms in total. The van der Waals surface area contributed by atoms with Crippen LogP contribution in [0.1, 0.15) is 15.9 Å². The summed E-state index contributed by atoms with van der Waals surface area (Å²) >= 11 is 0. The molecular weight excluding hydrogens is 348 g/mol. The SMILES string of the molecule is O=C(Cc1ccccc1[N+](=O)[O-])NNC(=O)c1ccccc1-n1cccc1. The number of carbonyl (C=O) groups is 2. The van der Waals surface area contributed by atoms with Crippen molar-refractivity contribution in [2.24, 2.45) is 0 Å². The third kappa shape index (κ3) is 4.18. The number of hydrazine groups is 1. The number of aromatic nitrogens is 1. The Morgan fingerprint density at radius 2 is 1.59 bits per heavy atom. The summed E-state index contributed by atoms with van der Waals surface area (Å²) in [5, 5.41) is 11.0. The van der Waals surface area contributed by atoms with Gasteiger partial charge in [0.1, 0.15) is 0 Å². The Morgan fingerprint density at radius 3 is 2.33 bits per heavy atom. The maximum Gasteiger partial charge on any atom is 0.273 e. The van der Waals surface area contributed by atoms with Gasteiger partial charge in [0.15, 0.2) is 0 Å². The molecule has 8 heteroatoms. The highest BCUT2D eigenvalue weighted by Crippen LogP contribution is 2.18. The van der Waals surface area contributed by atoms with Crippen LogP contribution in [0.5, 0.6) is 0 Å². The number of hydrogen-bond acceptors (Lipinski definition) is 4. The molecule has 2 amide bonds. The van der Waals surface area contributed by atoms with Crippen molar-refractivity contribution in [2.75, 3.05) is 0 Å². The number of nitro groups is 1. The van der Waals surface area contributed by atoms with Gasteiger partial charge in [0.2, 0.25) is 5.91 Å². The number of nitrogens with one attached hydrogen (secondary N) is 2. The van der Waals surface area contributed by atoms with Crippen molar-refractivity contribution in [1.82, 2.24) is 15.4 Å². The number of nitro benzene ring substituents is 1. The van der Waals surface area contributed by atoms with Gasteiger partial charge in [-0.2, -0.15) is 0 Å². The second kappa shape index (κ2) is 7.96. The van der Waals surface area contributed by atoms with Gasteiger partial charge in [0.05, 0.1) is 22.6 Å². The molecule has 2 N–H and O–H groups in total. The van der Waals surface area contributed by atoms with Crippen molar-refractivity contribution < 1.29 is 14.5 Å². The molecule has 1 aromatic heterocycles. The number of rotatable bonds is 5. The van der Waals surface area contributed by atoms with Crippen molar-refractivity contribution in [3.8, 4) is 5.69 Å². The lowest BCUT2D eigenvalue weighted by molar-refractivity contribution is -0.385. The summed E-state index contributed by atoms with van der Waals surface area (Å²) in [6.07, 6.45) is 3.38. The molecule has 2 aromatic carbocycles. The molecule has 27 heavy (non-hydrogen) atoms. The molecule has 1 heterocycles. The van der Waals surface area contributed by atoms with Crippen LogP contribution in [-0.4, -0.2) is 21.3 Å². The first-order valence-corrected chi connectivity index (χ1v) is 8.10. The lowest BCUT2D eigenvalue weighted by atomic mass is 10.1. The number of benzene rings is 2. The highest BCUT2D eigenvalue weighted by atomic mass is 16.6. The third-order valence-electron chi connectivity index (χ3n) is 3.89. The fraction of sp³-hybridized carbons (Fsp3) is 0.0526. The molecule has 136 valence electrons. The summed E-state index contributed by atoms with van der Waals surface area (Å²) in [6, 6.07) is 16.6. The van der Waals surface area contributed by atoms with Gasteiger partial charge < -0.3 is 4.57 Å². The minimum atomic E-state index is -0.559. The standard InChI is InChI=1S/C19H16N4O4/c24-18(13-14-7-1-3-9-16(14)23(26)27)20-21-19(25)15-8-2-4-10-17(15)22-11-5-6-12-22/h1-12H,13H2,(H,20,24)(H,21,25). The first-order chi connectivity index (χ1) is 13.1. The van der Waals surface area contributed by atoms with E-state index in [0.717, 1.165) is 0 Å². The summed E-state index contributed by atoms with van der Waals surface area (Å²) in [5.74, 6) is -1.05. The summed E-state index contributed by atoms with van der Waals surface area (Å²) in [4.78, 5) is 35.0. The number of nitrogens with zero attached hydrogens (tertiary/aromatic N) is 2. The number of carbonyl (C=O) groups excluding carboxylic acids is 2. The first kappa shape index (κ1) is 17.9. The van der Waals surface area contributed by atoms with Gasteiger partial charge >= 0.3 is 0 Å². The van der Waals surface area contributed by atoms with E-state index in [1.54, 1.807) is 47.3 Å². The van der Waals surface area contributed by atoms with Crippen molar-refractivity contribution in [3.63, 3.8) is 0 Å². The zero-order valence-corrected chi connectivity index (χ0v) is 14.2. The maximum atomic E-state index is 12.4. The van der Waals surface area contributed by atoms with Crippen molar-refractivity contribution in [3.05, 3.63) is 94.3 Å². The summed E-state index contributed by atoms with van der Waals surface area (Å²) in [7, 11) is 0. The van der Waals surface area contributed by atoms with Crippen molar-refractivity contribution in [2.45, 2.75) is 6.42 Å². The van der Waals surface area contributed by atoms with Crippen LogP contribution < -0.4 is 10.9 Å². The Morgan fingerprint density at radius 1 is 0.926 bits per heavy atom. The summed E-state index contributed by atoms with van der Waals surface area (Å²) in [5.41, 5.74) is 5.80. The predicted molar refractivity (Wildman–Crippen MR) is 98.2 cm³/mol. The van der Waals surface area contributed by atoms with Gasteiger partial charge in [-0.1, -0.05) is 30.3 Å². The predicted octanol–water partition coefficient (Wildman–Crippen LogP) is 2.39. The zero-order valence-electron chi connectivity index (χ0n) is 14.2. The van der Waals surface area contributed by atoms with Crippen LogP contribution in [0, 0.1) is 10.1 Å². The van der Waals surface area contributed by atoms with Crippen molar-refractivity contribution >= 4 is 17.5 Å². The Bertz CT molecular complexity index is 983. The van der Waals surface area contributed by atoms with Gasteiger partial charge in [-0.15, -0.1) is 0 Å². The fourth-order valence-corrected chi connectivity index (χ4v) is 2.64.